The molecule has 0 saturated heterocycles. The lowest BCUT2D eigenvalue weighted by Crippen LogP contribution is -1.96. The molecule has 47 heavy (non-hydrogen) atoms. The van der Waals surface area contributed by atoms with E-state index in [0.717, 1.165) is 49.4 Å². The van der Waals surface area contributed by atoms with Crippen molar-refractivity contribution < 1.29 is 0 Å². The number of benzene rings is 6. The van der Waals surface area contributed by atoms with Gasteiger partial charge in [-0.2, -0.15) is 0 Å². The summed E-state index contributed by atoms with van der Waals surface area (Å²) < 4.78 is 1.24. The zero-order valence-electron chi connectivity index (χ0n) is 25.3. The molecular formula is C43H27N3S. The van der Waals surface area contributed by atoms with Crippen LogP contribution < -0.4 is 0 Å². The Morgan fingerprint density at radius 3 is 1.70 bits per heavy atom. The normalized spacial score (nSPS) is 11.4. The molecule has 0 amide bonds. The number of para-hydroxylation sites is 1. The fraction of sp³-hybridized carbons (Fsp3) is 0. The average Bonchev–Trinajstić information content (AvgIpc) is 3.52. The van der Waals surface area contributed by atoms with E-state index >= 15 is 0 Å². The molecule has 3 nitrogen and oxygen atoms in total. The Hall–Kier alpha value is -5.97. The molecule has 3 aromatic heterocycles. The minimum atomic E-state index is 0.695. The molecule has 0 N–H and O–H groups in total. The summed E-state index contributed by atoms with van der Waals surface area (Å²) in [4.78, 5) is 16.5. The number of hydrogen-bond donors (Lipinski definition) is 0. The molecule has 0 saturated carbocycles. The summed E-state index contributed by atoms with van der Waals surface area (Å²) >= 11 is 1.75. The van der Waals surface area contributed by atoms with Crippen LogP contribution in [0.15, 0.2) is 164 Å². The lowest BCUT2D eigenvalue weighted by Gasteiger charge is -2.13. The summed E-state index contributed by atoms with van der Waals surface area (Å²) in [5.74, 6) is 0.695. The first-order valence-electron chi connectivity index (χ1n) is 15.7. The van der Waals surface area contributed by atoms with Crippen LogP contribution in [0.1, 0.15) is 0 Å². The zero-order chi connectivity index (χ0) is 31.2. The van der Waals surface area contributed by atoms with Gasteiger partial charge in [-0.25, -0.2) is 15.0 Å². The molecule has 0 aliphatic rings. The topological polar surface area (TPSA) is 38.7 Å². The monoisotopic (exact) mass is 617 g/mol. The first-order valence-corrected chi connectivity index (χ1v) is 16.5. The van der Waals surface area contributed by atoms with Crippen molar-refractivity contribution >= 4 is 42.5 Å². The van der Waals surface area contributed by atoms with E-state index in [1.165, 1.54) is 32.2 Å². The molecule has 6 aromatic carbocycles. The van der Waals surface area contributed by atoms with Crippen molar-refractivity contribution in [2.45, 2.75) is 0 Å². The van der Waals surface area contributed by atoms with Crippen LogP contribution in [0.2, 0.25) is 0 Å². The van der Waals surface area contributed by atoms with Crippen molar-refractivity contribution in [1.29, 1.82) is 0 Å². The fourth-order valence-electron chi connectivity index (χ4n) is 6.44. The number of nitrogens with zero attached hydrogens (tertiary/aromatic N) is 3. The quantitative estimate of drug-likeness (QED) is 0.193. The maximum absolute atomic E-state index is 5.18. The van der Waals surface area contributed by atoms with Gasteiger partial charge in [0.05, 0.1) is 16.9 Å². The SMILES string of the molecule is c1ccc(-c2ccc(-c3cc(-c4ccccc4)nc(-c4cccc(-c5c6ccccc6nc6sc7ccccc7c56)c4)n3)cc2)cc1. The van der Waals surface area contributed by atoms with E-state index < -0.39 is 0 Å². The predicted octanol–water partition coefficient (Wildman–Crippen LogP) is 11.7. The van der Waals surface area contributed by atoms with E-state index in [0.29, 0.717) is 5.82 Å². The molecule has 220 valence electrons. The van der Waals surface area contributed by atoms with E-state index in [1.807, 2.05) is 12.1 Å². The average molecular weight is 618 g/mol. The van der Waals surface area contributed by atoms with Gasteiger partial charge in [-0.1, -0.05) is 140 Å². The van der Waals surface area contributed by atoms with Crippen LogP contribution in [0, 0.1) is 0 Å². The number of fused-ring (bicyclic) bond motifs is 4. The lowest BCUT2D eigenvalue weighted by atomic mass is 9.95. The molecule has 0 unspecified atom stereocenters. The molecule has 4 heteroatoms. The summed E-state index contributed by atoms with van der Waals surface area (Å²) in [6, 6.07) is 57.2. The molecule has 0 radical (unpaired) electrons. The van der Waals surface area contributed by atoms with Crippen molar-refractivity contribution in [2.24, 2.45) is 0 Å². The smallest absolute Gasteiger partial charge is 0.160 e. The third-order valence-corrected chi connectivity index (χ3v) is 9.78. The van der Waals surface area contributed by atoms with Gasteiger partial charge >= 0.3 is 0 Å². The molecule has 0 spiro atoms. The van der Waals surface area contributed by atoms with Crippen LogP contribution >= 0.6 is 11.3 Å². The highest BCUT2D eigenvalue weighted by Gasteiger charge is 2.18. The van der Waals surface area contributed by atoms with Gasteiger partial charge in [-0.3, -0.25) is 0 Å². The third-order valence-electron chi connectivity index (χ3n) is 8.72. The molecule has 0 aliphatic heterocycles. The minimum absolute atomic E-state index is 0.695. The molecule has 3 heterocycles. The van der Waals surface area contributed by atoms with Crippen LogP contribution in [-0.2, 0) is 0 Å². The highest BCUT2D eigenvalue weighted by atomic mass is 32.1. The number of thiophene rings is 1. The van der Waals surface area contributed by atoms with Gasteiger partial charge in [0.1, 0.15) is 4.83 Å². The van der Waals surface area contributed by atoms with Crippen molar-refractivity contribution in [3.63, 3.8) is 0 Å². The predicted molar refractivity (Wildman–Crippen MR) is 197 cm³/mol. The third kappa shape index (κ3) is 4.96. The highest BCUT2D eigenvalue weighted by Crippen LogP contribution is 2.43. The number of hydrogen-bond acceptors (Lipinski definition) is 4. The number of aromatic nitrogens is 3. The van der Waals surface area contributed by atoms with Gasteiger partial charge in [-0.15, -0.1) is 11.3 Å². The Labute approximate surface area is 276 Å². The molecule has 9 rings (SSSR count). The van der Waals surface area contributed by atoms with Crippen molar-refractivity contribution in [3.05, 3.63) is 164 Å². The molecular weight excluding hydrogens is 591 g/mol. The Morgan fingerprint density at radius 2 is 0.936 bits per heavy atom. The van der Waals surface area contributed by atoms with E-state index in [4.69, 9.17) is 15.0 Å². The van der Waals surface area contributed by atoms with E-state index in [-0.39, 0.29) is 0 Å². The first-order chi connectivity index (χ1) is 23.3. The number of rotatable bonds is 5. The summed E-state index contributed by atoms with van der Waals surface area (Å²) in [5, 5.41) is 3.56. The van der Waals surface area contributed by atoms with Gasteiger partial charge in [-0.05, 0) is 41.0 Å². The maximum Gasteiger partial charge on any atom is 0.160 e. The van der Waals surface area contributed by atoms with Crippen LogP contribution in [0.25, 0.3) is 87.4 Å². The van der Waals surface area contributed by atoms with Crippen LogP contribution in [0.3, 0.4) is 0 Å². The second-order valence-corrected chi connectivity index (χ2v) is 12.7. The van der Waals surface area contributed by atoms with Gasteiger partial charge in [0, 0.05) is 43.1 Å². The van der Waals surface area contributed by atoms with Crippen molar-refractivity contribution in [1.82, 2.24) is 15.0 Å². The molecule has 9 aromatic rings. The van der Waals surface area contributed by atoms with Crippen molar-refractivity contribution in [3.8, 4) is 56.2 Å². The molecule has 0 fully saturated rings. The Bertz CT molecular complexity index is 2550. The van der Waals surface area contributed by atoms with Crippen LogP contribution in [0.5, 0.6) is 0 Å². The molecule has 0 atom stereocenters. The lowest BCUT2D eigenvalue weighted by molar-refractivity contribution is 1.18. The number of pyridine rings is 1. The summed E-state index contributed by atoms with van der Waals surface area (Å²) in [7, 11) is 0. The first kappa shape index (κ1) is 27.3. The standard InChI is InChI=1S/C43H27N3S/c1-3-12-28(13-4-1)29-22-24-31(25-23-29)38-27-37(30-14-5-2-6-15-30)44-42(45-38)33-17-11-16-32(26-33)40-34-18-7-9-20-36(34)46-43-41(40)35-19-8-10-21-39(35)47-43/h1-27H. The second kappa shape index (κ2) is 11.4. The molecule has 0 aliphatic carbocycles. The molecule has 0 bridgehead atoms. The summed E-state index contributed by atoms with van der Waals surface area (Å²) in [6.45, 7) is 0. The van der Waals surface area contributed by atoms with Crippen LogP contribution in [-0.4, -0.2) is 15.0 Å². The van der Waals surface area contributed by atoms with Gasteiger partial charge in [0.25, 0.3) is 0 Å². The van der Waals surface area contributed by atoms with Crippen LogP contribution in [0.4, 0.5) is 0 Å². The Kier molecular flexibility index (Phi) is 6.65. The second-order valence-electron chi connectivity index (χ2n) is 11.6. The minimum Gasteiger partial charge on any atom is -0.237 e. The maximum atomic E-state index is 5.18. The van der Waals surface area contributed by atoms with Gasteiger partial charge in [0.2, 0.25) is 0 Å². The fourth-order valence-corrected chi connectivity index (χ4v) is 7.53. The van der Waals surface area contributed by atoms with Gasteiger partial charge in [0.15, 0.2) is 5.82 Å². The summed E-state index contributed by atoms with van der Waals surface area (Å²) in [6.07, 6.45) is 0. The Morgan fingerprint density at radius 1 is 0.383 bits per heavy atom. The van der Waals surface area contributed by atoms with E-state index in [1.54, 1.807) is 11.3 Å². The van der Waals surface area contributed by atoms with E-state index in [9.17, 15) is 0 Å². The largest absolute Gasteiger partial charge is 0.237 e. The summed E-state index contributed by atoms with van der Waals surface area (Å²) in [5.41, 5.74) is 10.5. The zero-order valence-corrected chi connectivity index (χ0v) is 26.2. The van der Waals surface area contributed by atoms with Gasteiger partial charge < -0.3 is 0 Å². The Balaban J connectivity index is 1.23. The highest BCUT2D eigenvalue weighted by molar-refractivity contribution is 7.25. The van der Waals surface area contributed by atoms with E-state index in [2.05, 4.69) is 152 Å². The van der Waals surface area contributed by atoms with Crippen molar-refractivity contribution in [2.75, 3.05) is 0 Å².